The van der Waals surface area contributed by atoms with Gasteiger partial charge in [-0.05, 0) is 49.3 Å². The van der Waals surface area contributed by atoms with Crippen LogP contribution in [0, 0.1) is 5.92 Å². The third-order valence-corrected chi connectivity index (χ3v) is 3.52. The molecule has 0 nitrogen and oxygen atoms in total. The van der Waals surface area contributed by atoms with Gasteiger partial charge in [-0.3, -0.25) is 0 Å². The summed E-state index contributed by atoms with van der Waals surface area (Å²) in [6.45, 7) is 0. The second-order valence-electron chi connectivity index (χ2n) is 4.96. The first-order valence-electron chi connectivity index (χ1n) is 6.90. The molecule has 0 unspecified atom stereocenters. The van der Waals surface area contributed by atoms with E-state index >= 15 is 0 Å². The number of aryl methyl sites for hydroxylation is 1. The molecule has 0 atom stereocenters. The molecular weight excluding hydrogens is 204 g/mol. The molecule has 0 radical (unpaired) electrons. The van der Waals surface area contributed by atoms with Crippen molar-refractivity contribution in [3.05, 3.63) is 53.8 Å². The third kappa shape index (κ3) is 4.63. The van der Waals surface area contributed by atoms with E-state index in [-0.39, 0.29) is 0 Å². The summed E-state index contributed by atoms with van der Waals surface area (Å²) >= 11 is 0. The summed E-state index contributed by atoms with van der Waals surface area (Å²) in [5.41, 5.74) is 4.79. The Bertz CT molecular complexity index is 362. The lowest BCUT2D eigenvalue weighted by atomic mass is 9.89. The predicted molar refractivity (Wildman–Crippen MR) is 74.0 cm³/mol. The van der Waals surface area contributed by atoms with Crippen LogP contribution in [0.1, 0.15) is 44.1 Å². The summed E-state index contributed by atoms with van der Waals surface area (Å²) in [6, 6.07) is 10.7. The predicted octanol–water partition coefficient (Wildman–Crippen LogP) is 4.91. The Kier molecular flexibility index (Phi) is 5.13. The van der Waals surface area contributed by atoms with Gasteiger partial charge in [-0.1, -0.05) is 49.6 Å². The van der Waals surface area contributed by atoms with E-state index in [9.17, 15) is 0 Å². The molecule has 0 spiro atoms. The molecule has 1 fully saturated rings. The van der Waals surface area contributed by atoms with Crippen molar-refractivity contribution in [2.24, 2.45) is 5.92 Å². The van der Waals surface area contributed by atoms with Gasteiger partial charge in [-0.25, -0.2) is 0 Å². The maximum absolute atomic E-state index is 3.38. The Morgan fingerprint density at radius 2 is 1.82 bits per heavy atom. The highest BCUT2D eigenvalue weighted by Crippen LogP contribution is 2.24. The molecule has 2 rings (SSSR count). The van der Waals surface area contributed by atoms with Crippen LogP contribution in [-0.4, -0.2) is 0 Å². The van der Waals surface area contributed by atoms with Crippen LogP contribution in [-0.2, 0) is 6.42 Å². The first kappa shape index (κ1) is 12.2. The lowest BCUT2D eigenvalue weighted by molar-refractivity contribution is 0.419. The van der Waals surface area contributed by atoms with Gasteiger partial charge in [0.25, 0.3) is 0 Å². The van der Waals surface area contributed by atoms with Crippen LogP contribution in [0.5, 0.6) is 0 Å². The Morgan fingerprint density at radius 1 is 1.06 bits per heavy atom. The highest BCUT2D eigenvalue weighted by Gasteiger charge is 2.08. The van der Waals surface area contributed by atoms with Crippen LogP contribution in [0.4, 0.5) is 0 Å². The van der Waals surface area contributed by atoms with Crippen molar-refractivity contribution < 1.29 is 0 Å². The van der Waals surface area contributed by atoms with Gasteiger partial charge in [0.1, 0.15) is 0 Å². The minimum Gasteiger partial charge on any atom is -0.129 e. The fraction of sp³-hybridized carbons (Fsp3) is 0.471. The maximum Gasteiger partial charge on any atom is -0.0158 e. The maximum atomic E-state index is 3.38. The van der Waals surface area contributed by atoms with Crippen LogP contribution in [0.15, 0.2) is 48.2 Å². The lowest BCUT2D eigenvalue weighted by Crippen LogP contribution is -2.01. The van der Waals surface area contributed by atoms with Gasteiger partial charge in [-0.15, -0.1) is 5.73 Å². The zero-order valence-electron chi connectivity index (χ0n) is 10.6. The molecule has 0 heteroatoms. The average molecular weight is 226 g/mol. The van der Waals surface area contributed by atoms with Gasteiger partial charge in [0.15, 0.2) is 0 Å². The van der Waals surface area contributed by atoms with Crippen molar-refractivity contribution in [1.29, 1.82) is 0 Å². The van der Waals surface area contributed by atoms with Crippen molar-refractivity contribution in [3.8, 4) is 0 Å². The van der Waals surface area contributed by atoms with E-state index in [1.165, 1.54) is 37.7 Å². The molecular formula is C17H22. The molecule has 1 aromatic rings. The first-order chi connectivity index (χ1) is 8.45. The van der Waals surface area contributed by atoms with Gasteiger partial charge in [0, 0.05) is 0 Å². The zero-order chi connectivity index (χ0) is 11.8. The van der Waals surface area contributed by atoms with Crippen LogP contribution in [0.3, 0.4) is 0 Å². The second kappa shape index (κ2) is 7.14. The molecule has 1 saturated carbocycles. The number of hydrogen-bond donors (Lipinski definition) is 0. The van der Waals surface area contributed by atoms with Crippen molar-refractivity contribution in [1.82, 2.24) is 0 Å². The van der Waals surface area contributed by atoms with Crippen LogP contribution in [0.2, 0.25) is 0 Å². The lowest BCUT2D eigenvalue weighted by Gasteiger charge is -2.16. The minimum absolute atomic E-state index is 0.803. The molecule has 0 aliphatic heterocycles. The van der Waals surface area contributed by atoms with Gasteiger partial charge in [-0.2, -0.15) is 0 Å². The topological polar surface area (TPSA) is 0 Å². The summed E-state index contributed by atoms with van der Waals surface area (Å²) in [4.78, 5) is 0. The highest BCUT2D eigenvalue weighted by atomic mass is 14.1. The molecule has 0 bridgehead atoms. The SMILES string of the molecule is C(=CCCc1ccccc1)=CC1CCCCC1. The highest BCUT2D eigenvalue weighted by molar-refractivity contribution is 5.15. The van der Waals surface area contributed by atoms with Crippen molar-refractivity contribution >= 4 is 0 Å². The molecule has 1 aliphatic carbocycles. The van der Waals surface area contributed by atoms with Crippen molar-refractivity contribution in [2.75, 3.05) is 0 Å². The van der Waals surface area contributed by atoms with Crippen molar-refractivity contribution in [3.63, 3.8) is 0 Å². The van der Waals surface area contributed by atoms with Crippen LogP contribution in [0.25, 0.3) is 0 Å². The zero-order valence-corrected chi connectivity index (χ0v) is 10.6. The molecule has 0 aromatic heterocycles. The van der Waals surface area contributed by atoms with E-state index in [0.29, 0.717) is 0 Å². The molecule has 0 saturated heterocycles. The quantitative estimate of drug-likeness (QED) is 0.640. The normalized spacial score (nSPS) is 16.2. The molecule has 1 aromatic carbocycles. The minimum atomic E-state index is 0.803. The number of hydrogen-bond acceptors (Lipinski definition) is 0. The van der Waals surface area contributed by atoms with Gasteiger partial charge in [0.05, 0.1) is 0 Å². The third-order valence-electron chi connectivity index (χ3n) is 3.52. The first-order valence-corrected chi connectivity index (χ1v) is 6.90. The summed E-state index contributed by atoms with van der Waals surface area (Å²) in [7, 11) is 0. The van der Waals surface area contributed by atoms with E-state index in [1.807, 2.05) is 0 Å². The fourth-order valence-corrected chi connectivity index (χ4v) is 2.47. The Labute approximate surface area is 105 Å². The van der Waals surface area contributed by atoms with E-state index in [1.54, 1.807) is 0 Å². The average Bonchev–Trinajstić information content (AvgIpc) is 2.41. The number of benzene rings is 1. The molecule has 1 aliphatic rings. The molecule has 17 heavy (non-hydrogen) atoms. The smallest absolute Gasteiger partial charge is 0.0158 e. The number of rotatable bonds is 4. The van der Waals surface area contributed by atoms with Crippen LogP contribution >= 0.6 is 0 Å². The fourth-order valence-electron chi connectivity index (χ4n) is 2.47. The summed E-state index contributed by atoms with van der Waals surface area (Å²) in [5.74, 6) is 0.803. The monoisotopic (exact) mass is 226 g/mol. The Balaban J connectivity index is 1.72. The number of allylic oxidation sites excluding steroid dienone is 1. The van der Waals surface area contributed by atoms with E-state index in [4.69, 9.17) is 0 Å². The van der Waals surface area contributed by atoms with E-state index in [2.05, 4.69) is 48.2 Å². The molecule has 0 heterocycles. The van der Waals surface area contributed by atoms with Crippen molar-refractivity contribution in [2.45, 2.75) is 44.9 Å². The van der Waals surface area contributed by atoms with Crippen LogP contribution < -0.4 is 0 Å². The summed E-state index contributed by atoms with van der Waals surface area (Å²) in [6.07, 6.45) is 13.7. The van der Waals surface area contributed by atoms with E-state index < -0.39 is 0 Å². The largest absolute Gasteiger partial charge is 0.129 e. The van der Waals surface area contributed by atoms with Gasteiger partial charge >= 0.3 is 0 Å². The van der Waals surface area contributed by atoms with Gasteiger partial charge < -0.3 is 0 Å². The molecule has 0 amide bonds. The molecule has 0 N–H and O–H groups in total. The standard InChI is InChI=1S/C17H22/c1-4-10-16(11-5-1)14-8-3-9-15-17-12-6-2-7-13-17/h1,3-5,10-11,15,17H,2,6-8,12-14H2. The second-order valence-corrected chi connectivity index (χ2v) is 4.96. The summed E-state index contributed by atoms with van der Waals surface area (Å²) < 4.78 is 0. The Hall–Kier alpha value is -1.26. The Morgan fingerprint density at radius 3 is 2.59 bits per heavy atom. The van der Waals surface area contributed by atoms with Gasteiger partial charge in [0.2, 0.25) is 0 Å². The summed E-state index contributed by atoms with van der Waals surface area (Å²) in [5, 5.41) is 0. The van der Waals surface area contributed by atoms with E-state index in [0.717, 1.165) is 18.8 Å². The molecule has 90 valence electrons.